The Bertz CT molecular complexity index is 1740. The average molecular weight is 1170 g/mol. The normalized spacial score (nSPS) is 14.0. The molecule has 0 N–H and O–H groups in total. The molecule has 0 atom stereocenters. The fourth-order valence-corrected chi connectivity index (χ4v) is 8.62. The molecule has 57 heavy (non-hydrogen) atoms. The van der Waals surface area contributed by atoms with Crippen molar-refractivity contribution in [2.24, 2.45) is 0 Å². The fraction of sp³-hybridized carbons (Fsp3) is 0.415. The van der Waals surface area contributed by atoms with Crippen molar-refractivity contribution in [3.05, 3.63) is 134 Å². The molecule has 0 saturated heterocycles. The molecule has 0 aromatic heterocycles. The van der Waals surface area contributed by atoms with Crippen molar-refractivity contribution in [2.45, 2.75) is 110 Å². The molecule has 4 aromatic rings. The van der Waals surface area contributed by atoms with Gasteiger partial charge in [-0.3, -0.25) is 0 Å². The van der Waals surface area contributed by atoms with Crippen LogP contribution in [0, 0.1) is 14.3 Å². The number of rotatable bonds is 4. The Morgan fingerprint density at radius 3 is 0.614 bits per heavy atom. The topological polar surface area (TPSA) is 57.2 Å². The standard InChI is InChI=1S/2C20H26I.CHF3O3S.6FH.Sb/c2*1-19(2,3)15-7-11-17(12-8-15)21-18-13-9-16(10-14-18)20(4,5)6;2-1(3,4)8(5,6)7;;;;;;;/h2*7-14H,1-6H3;(H,5,6,7);6*1H;/q2*+1;;;;;;;;+5/p-7. The second-order valence-corrected chi connectivity index (χ2v) is 30.0. The molecule has 0 aliphatic rings. The maximum atomic E-state index is 10.7. The molecular formula is C41H52F9I2O3SSb. The van der Waals surface area contributed by atoms with E-state index in [1.165, 1.54) is 36.5 Å². The Labute approximate surface area is 355 Å². The molecule has 0 heterocycles. The zero-order valence-electron chi connectivity index (χ0n) is 34.0. The van der Waals surface area contributed by atoms with Gasteiger partial charge in [-0.05, 0) is 92.4 Å². The van der Waals surface area contributed by atoms with Gasteiger partial charge in [0.05, 0.1) is 0 Å². The average Bonchev–Trinajstić information content (AvgIpc) is 2.99. The van der Waals surface area contributed by atoms with Crippen LogP contribution in [0.4, 0.5) is 30.0 Å². The molecule has 0 unspecified atom stereocenters. The van der Waals surface area contributed by atoms with Crippen LogP contribution in [0.15, 0.2) is 97.1 Å². The minimum absolute atomic E-state index is 0.0703. The van der Waals surface area contributed by atoms with E-state index in [0.717, 1.165) is 0 Å². The van der Waals surface area contributed by atoms with Crippen LogP contribution in [0.2, 0.25) is 0 Å². The van der Waals surface area contributed by atoms with Crippen LogP contribution in [0.5, 0.6) is 0 Å². The first-order valence-corrected chi connectivity index (χ1v) is 28.8. The van der Waals surface area contributed by atoms with E-state index in [1.54, 1.807) is 0 Å². The van der Waals surface area contributed by atoms with Crippen LogP contribution in [-0.2, 0) is 31.8 Å². The first-order valence-electron chi connectivity index (χ1n) is 17.3. The Morgan fingerprint density at radius 2 is 0.526 bits per heavy atom. The molecule has 4 aromatic carbocycles. The molecule has 0 aliphatic heterocycles. The summed E-state index contributed by atoms with van der Waals surface area (Å²) in [5, 5.41) is 0. The SMILES string of the molecule is CC(C)(C)c1ccc([I+]c2ccc(C(C)(C)C)cc2)cc1.CC(C)(C)c1ccc([I+]c2ccc(C(C)(C)C)cc2)cc1.O=S(=O)([O-])C(F)(F)F.[F][Sb-]([F])([F])([F])([F])[F]. The third-order valence-electron chi connectivity index (χ3n) is 7.56. The molecule has 0 fully saturated rings. The van der Waals surface area contributed by atoms with Gasteiger partial charge in [0, 0.05) is 0 Å². The van der Waals surface area contributed by atoms with E-state index in [2.05, 4.69) is 180 Å². The summed E-state index contributed by atoms with van der Waals surface area (Å²) in [7, 11) is -6.09. The van der Waals surface area contributed by atoms with Gasteiger partial charge in [0.2, 0.25) is 0 Å². The molecule has 0 saturated carbocycles. The van der Waals surface area contributed by atoms with Crippen LogP contribution >= 0.6 is 0 Å². The molecule has 0 aliphatic carbocycles. The number of alkyl halides is 3. The summed E-state index contributed by atoms with van der Waals surface area (Å²) >= 11 is -11.4. The molecule has 322 valence electrons. The number of hydrogen-bond acceptors (Lipinski definition) is 3. The zero-order chi connectivity index (χ0) is 44.8. The molecule has 0 amide bonds. The molecule has 0 radical (unpaired) electrons. The van der Waals surface area contributed by atoms with E-state index in [9.17, 15) is 30.0 Å². The van der Waals surface area contributed by atoms with E-state index in [1.807, 2.05) is 0 Å². The van der Waals surface area contributed by atoms with E-state index in [0.29, 0.717) is 0 Å². The molecule has 0 bridgehead atoms. The monoisotopic (exact) mass is 1170 g/mol. The number of benzene rings is 4. The van der Waals surface area contributed by atoms with Gasteiger partial charge in [-0.15, -0.1) is 0 Å². The quantitative estimate of drug-likeness (QED) is 0.0728. The Hall–Kier alpha value is -1.56. The van der Waals surface area contributed by atoms with Crippen LogP contribution in [0.3, 0.4) is 0 Å². The molecule has 0 spiro atoms. The van der Waals surface area contributed by atoms with Crippen LogP contribution < -0.4 is 42.4 Å². The van der Waals surface area contributed by atoms with E-state index < -0.39 is 35.1 Å². The van der Waals surface area contributed by atoms with Gasteiger partial charge in [-0.2, -0.15) is 13.2 Å². The van der Waals surface area contributed by atoms with E-state index in [-0.39, 0.29) is 64.1 Å². The van der Waals surface area contributed by atoms with Crippen LogP contribution in [-0.4, -0.2) is 38.0 Å². The first kappa shape index (κ1) is 53.5. The number of halogens is 11. The predicted octanol–water partition coefficient (Wildman–Crippen LogP) is 7.01. The Balaban J connectivity index is 0.000000423. The Morgan fingerprint density at radius 1 is 0.404 bits per heavy atom. The fourth-order valence-electron chi connectivity index (χ4n) is 4.30. The minimum atomic E-state index is -11.2. The maximum absolute atomic E-state index is 11.2. The van der Waals surface area contributed by atoms with Crippen LogP contribution in [0.25, 0.3) is 0 Å². The van der Waals surface area contributed by atoms with Crippen molar-refractivity contribution in [3.8, 4) is 0 Å². The van der Waals surface area contributed by atoms with Gasteiger partial charge in [0.25, 0.3) is 0 Å². The van der Waals surface area contributed by atoms with Crippen molar-refractivity contribution >= 4 is 29.6 Å². The molecular weight excluding hydrogens is 1120 g/mol. The third kappa shape index (κ3) is 23.7. The van der Waals surface area contributed by atoms with Crippen molar-refractivity contribution in [2.75, 3.05) is 0 Å². The molecule has 3 nitrogen and oxygen atoms in total. The van der Waals surface area contributed by atoms with Gasteiger partial charge in [-0.25, -0.2) is 8.42 Å². The summed E-state index contributed by atoms with van der Waals surface area (Å²) in [5.41, 5.74) is 0.980. The summed E-state index contributed by atoms with van der Waals surface area (Å²) in [6.07, 6.45) is 0. The Kier molecular flexibility index (Phi) is 17.4. The summed E-state index contributed by atoms with van der Waals surface area (Å²) < 4.78 is 124. The van der Waals surface area contributed by atoms with Crippen molar-refractivity contribution in [1.29, 1.82) is 0 Å². The van der Waals surface area contributed by atoms with Gasteiger partial charge < -0.3 is 4.55 Å². The van der Waals surface area contributed by atoms with Crippen LogP contribution in [0.1, 0.15) is 105 Å². The van der Waals surface area contributed by atoms with Gasteiger partial charge in [0.15, 0.2) is 24.4 Å². The molecule has 4 rings (SSSR count). The molecule has 16 heteroatoms. The predicted molar refractivity (Wildman–Crippen MR) is 204 cm³/mol. The van der Waals surface area contributed by atoms with Crippen molar-refractivity contribution in [3.63, 3.8) is 0 Å². The van der Waals surface area contributed by atoms with Crippen molar-refractivity contribution < 1.29 is 85.4 Å². The summed E-state index contributed by atoms with van der Waals surface area (Å²) in [5.74, 6) is 0. The van der Waals surface area contributed by atoms with E-state index >= 15 is 0 Å². The van der Waals surface area contributed by atoms with E-state index in [4.69, 9.17) is 13.0 Å². The summed E-state index contributed by atoms with van der Waals surface area (Å²) in [6.45, 7) is 27.2. The summed E-state index contributed by atoms with van der Waals surface area (Å²) in [6, 6.07) is 36.8. The first-order chi connectivity index (χ1) is 25.0. The second kappa shape index (κ2) is 18.6. The van der Waals surface area contributed by atoms with Gasteiger partial charge in [-0.1, -0.05) is 132 Å². The third-order valence-corrected chi connectivity index (χ3v) is 13.5. The second-order valence-electron chi connectivity index (χ2n) is 17.1. The summed E-state index contributed by atoms with van der Waals surface area (Å²) in [4.78, 5) is 0. The number of hydrogen-bond donors (Lipinski definition) is 0. The van der Waals surface area contributed by atoms with Gasteiger partial charge >= 0.3 is 84.3 Å². The van der Waals surface area contributed by atoms with Gasteiger partial charge in [0.1, 0.15) is 0 Å². The van der Waals surface area contributed by atoms with Crippen molar-refractivity contribution in [1.82, 2.24) is 0 Å². The zero-order valence-corrected chi connectivity index (χ0v) is 41.7.